The van der Waals surface area contributed by atoms with E-state index >= 15 is 0 Å². The van der Waals surface area contributed by atoms with Crippen molar-refractivity contribution in [3.63, 3.8) is 0 Å². The highest BCUT2D eigenvalue weighted by atomic mass is 32.2. The van der Waals surface area contributed by atoms with Crippen LogP contribution in [0.15, 0.2) is 107 Å². The van der Waals surface area contributed by atoms with Gasteiger partial charge in [-0.25, -0.2) is 0 Å². The smallest absolute Gasteiger partial charge is 0.120 e. The molecule has 0 spiro atoms. The van der Waals surface area contributed by atoms with Crippen LogP contribution in [-0.4, -0.2) is 5.60 Å². The second kappa shape index (κ2) is 12.6. The number of hydrogen-bond donors (Lipinski definition) is 0. The largest absolute Gasteiger partial charge is 0.488 e. The van der Waals surface area contributed by atoms with Gasteiger partial charge in [0.15, 0.2) is 0 Å². The number of hydrogen-bond acceptors (Lipinski definition) is 2. The summed E-state index contributed by atoms with van der Waals surface area (Å²) in [6, 6.07) is 36.6. The van der Waals surface area contributed by atoms with Gasteiger partial charge in [-0.1, -0.05) is 107 Å². The van der Waals surface area contributed by atoms with Gasteiger partial charge in [0.25, 0.3) is 0 Å². The topological polar surface area (TPSA) is 9.23 Å². The second-order valence-electron chi connectivity index (χ2n) is 15.0. The zero-order valence-electron chi connectivity index (χ0n) is 27.5. The van der Waals surface area contributed by atoms with Crippen molar-refractivity contribution in [2.45, 2.75) is 108 Å². The van der Waals surface area contributed by atoms with E-state index < -0.39 is 0 Å². The molecule has 226 valence electrons. The first-order chi connectivity index (χ1) is 20.3. The maximum atomic E-state index is 6.16. The molecule has 1 aliphatic rings. The van der Waals surface area contributed by atoms with Crippen LogP contribution in [0.3, 0.4) is 0 Å². The molecule has 4 aromatic rings. The SMILES string of the molecule is CC1CC(C)(C)CC(c2ccc(Cc3ccc(Sc4ccc(C(C)C)cc4)cc3)cc2)(c2ccc(OC(C)(C)C)cc2)C1. The van der Waals surface area contributed by atoms with Crippen molar-refractivity contribution in [2.75, 3.05) is 0 Å². The fraction of sp³-hybridized carbons (Fsp3) is 0.415. The lowest BCUT2D eigenvalue weighted by atomic mass is 9.55. The van der Waals surface area contributed by atoms with E-state index in [1.807, 2.05) is 11.8 Å². The molecule has 2 heteroatoms. The Morgan fingerprint density at radius 2 is 1.21 bits per heavy atom. The quantitative estimate of drug-likeness (QED) is 0.202. The molecule has 1 fully saturated rings. The van der Waals surface area contributed by atoms with Crippen LogP contribution in [0.2, 0.25) is 0 Å². The Kier molecular flexibility index (Phi) is 9.19. The van der Waals surface area contributed by atoms with Gasteiger partial charge >= 0.3 is 0 Å². The van der Waals surface area contributed by atoms with Crippen molar-refractivity contribution in [3.05, 3.63) is 125 Å². The third-order valence-corrected chi connectivity index (χ3v) is 9.85. The van der Waals surface area contributed by atoms with Crippen LogP contribution in [0.5, 0.6) is 5.75 Å². The molecule has 1 nitrogen and oxygen atoms in total. The Labute approximate surface area is 265 Å². The molecule has 43 heavy (non-hydrogen) atoms. The average molecular weight is 591 g/mol. The molecule has 2 unspecified atom stereocenters. The molecule has 0 saturated heterocycles. The van der Waals surface area contributed by atoms with Gasteiger partial charge in [0.2, 0.25) is 0 Å². The third-order valence-electron chi connectivity index (χ3n) is 8.83. The minimum absolute atomic E-state index is 0.00615. The molecule has 0 N–H and O–H groups in total. The molecule has 1 saturated carbocycles. The van der Waals surface area contributed by atoms with Crippen LogP contribution >= 0.6 is 11.8 Å². The summed E-state index contributed by atoms with van der Waals surface area (Å²) in [5.74, 6) is 2.17. The van der Waals surface area contributed by atoms with Crippen molar-refractivity contribution >= 4 is 11.8 Å². The van der Waals surface area contributed by atoms with E-state index in [1.54, 1.807) is 0 Å². The van der Waals surface area contributed by atoms with E-state index in [-0.39, 0.29) is 16.4 Å². The maximum absolute atomic E-state index is 6.16. The van der Waals surface area contributed by atoms with Crippen molar-refractivity contribution in [1.29, 1.82) is 0 Å². The van der Waals surface area contributed by atoms with E-state index in [9.17, 15) is 0 Å². The minimum atomic E-state index is -0.199. The highest BCUT2D eigenvalue weighted by Gasteiger charge is 2.45. The highest BCUT2D eigenvalue weighted by molar-refractivity contribution is 7.99. The summed E-state index contributed by atoms with van der Waals surface area (Å²) in [6.45, 7) is 18.1. The van der Waals surface area contributed by atoms with Gasteiger partial charge in [-0.15, -0.1) is 0 Å². The Bertz CT molecular complexity index is 1470. The van der Waals surface area contributed by atoms with Crippen LogP contribution in [0.1, 0.15) is 108 Å². The summed E-state index contributed by atoms with van der Waals surface area (Å²) in [6.07, 6.45) is 4.55. The molecule has 0 aromatic heterocycles. The molecule has 4 aromatic carbocycles. The first kappa shape index (κ1) is 31.5. The van der Waals surface area contributed by atoms with E-state index in [2.05, 4.69) is 152 Å². The predicted octanol–water partition coefficient (Wildman–Crippen LogP) is 11.9. The summed E-state index contributed by atoms with van der Waals surface area (Å²) in [5, 5.41) is 0. The molecule has 0 amide bonds. The molecule has 0 aliphatic heterocycles. The lowest BCUT2D eigenvalue weighted by molar-refractivity contribution is 0.125. The van der Waals surface area contributed by atoms with Gasteiger partial charge in [-0.2, -0.15) is 0 Å². The van der Waals surface area contributed by atoms with Crippen molar-refractivity contribution < 1.29 is 4.74 Å². The second-order valence-corrected chi connectivity index (χ2v) is 16.2. The minimum Gasteiger partial charge on any atom is -0.488 e. The number of benzene rings is 4. The fourth-order valence-electron chi connectivity index (χ4n) is 7.28. The Hall–Kier alpha value is -2.97. The van der Waals surface area contributed by atoms with Gasteiger partial charge in [-0.3, -0.25) is 0 Å². The normalized spacial score (nSPS) is 20.3. The lowest BCUT2D eigenvalue weighted by Crippen LogP contribution is -2.41. The van der Waals surface area contributed by atoms with E-state index in [0.29, 0.717) is 11.8 Å². The third kappa shape index (κ3) is 7.95. The number of ether oxygens (including phenoxy) is 1. The summed E-state index contributed by atoms with van der Waals surface area (Å²) in [5.41, 5.74) is 7.05. The standard InChI is InChI=1S/C41H50OS/c1-29(2)33-13-23-38(24-14-33)43-37-21-11-32(12-22-37)25-31-9-15-34(16-10-31)41(27-30(3)26-40(7,8)28-41)35-17-19-36(20-18-35)42-39(4,5)6/h9-24,29-30H,25-28H2,1-8H3. The van der Waals surface area contributed by atoms with Crippen molar-refractivity contribution in [3.8, 4) is 5.75 Å². The summed E-state index contributed by atoms with van der Waals surface area (Å²) >= 11 is 1.83. The van der Waals surface area contributed by atoms with Gasteiger partial charge in [-0.05, 0) is 128 Å². The van der Waals surface area contributed by atoms with Crippen LogP contribution in [0.25, 0.3) is 0 Å². The molecular formula is C41H50OS. The van der Waals surface area contributed by atoms with Crippen molar-refractivity contribution in [2.24, 2.45) is 11.3 Å². The van der Waals surface area contributed by atoms with Gasteiger partial charge < -0.3 is 4.74 Å². The summed E-state index contributed by atoms with van der Waals surface area (Å²) in [7, 11) is 0. The van der Waals surface area contributed by atoms with Crippen LogP contribution in [0.4, 0.5) is 0 Å². The van der Waals surface area contributed by atoms with Crippen LogP contribution < -0.4 is 4.74 Å². The predicted molar refractivity (Wildman–Crippen MR) is 185 cm³/mol. The average Bonchev–Trinajstić information content (AvgIpc) is 2.93. The lowest BCUT2D eigenvalue weighted by Gasteiger charge is -2.48. The van der Waals surface area contributed by atoms with Crippen molar-refractivity contribution in [1.82, 2.24) is 0 Å². The summed E-state index contributed by atoms with van der Waals surface area (Å²) in [4.78, 5) is 2.57. The Morgan fingerprint density at radius 3 is 1.70 bits per heavy atom. The zero-order chi connectivity index (χ0) is 30.8. The first-order valence-electron chi connectivity index (χ1n) is 16.1. The molecule has 5 rings (SSSR count). The van der Waals surface area contributed by atoms with Crippen LogP contribution in [0, 0.1) is 11.3 Å². The van der Waals surface area contributed by atoms with Gasteiger partial charge in [0.1, 0.15) is 11.4 Å². The van der Waals surface area contributed by atoms with Gasteiger partial charge in [0.05, 0.1) is 0 Å². The fourth-order valence-corrected chi connectivity index (χ4v) is 8.10. The first-order valence-corrected chi connectivity index (χ1v) is 16.9. The van der Waals surface area contributed by atoms with Crippen LogP contribution in [-0.2, 0) is 11.8 Å². The Balaban J connectivity index is 1.33. The van der Waals surface area contributed by atoms with E-state index in [4.69, 9.17) is 4.74 Å². The molecular weight excluding hydrogens is 541 g/mol. The molecule has 0 heterocycles. The number of rotatable bonds is 8. The summed E-state index contributed by atoms with van der Waals surface area (Å²) < 4.78 is 6.16. The van der Waals surface area contributed by atoms with Gasteiger partial charge in [0, 0.05) is 15.2 Å². The molecule has 0 radical (unpaired) electrons. The highest BCUT2D eigenvalue weighted by Crippen LogP contribution is 2.53. The zero-order valence-corrected chi connectivity index (χ0v) is 28.4. The van der Waals surface area contributed by atoms with E-state index in [0.717, 1.165) is 18.6 Å². The molecule has 0 bridgehead atoms. The Morgan fingerprint density at radius 1 is 0.721 bits per heavy atom. The molecule has 1 aliphatic carbocycles. The van der Waals surface area contributed by atoms with E-state index in [1.165, 1.54) is 50.4 Å². The molecule has 2 atom stereocenters. The monoisotopic (exact) mass is 590 g/mol. The maximum Gasteiger partial charge on any atom is 0.120 e.